The van der Waals surface area contributed by atoms with E-state index in [1.54, 1.807) is 0 Å². The van der Waals surface area contributed by atoms with Gasteiger partial charge in [-0.15, -0.1) is 23.2 Å². The number of alkyl carbamates (subject to hydrolysis) is 1. The van der Waals surface area contributed by atoms with E-state index in [-0.39, 0.29) is 12.5 Å². The average molecular weight is 445 g/mol. The summed E-state index contributed by atoms with van der Waals surface area (Å²) in [5.74, 6) is 0.273. The fraction of sp³-hybridized carbons (Fsp3) is 0.619. The molecule has 0 radical (unpaired) electrons. The van der Waals surface area contributed by atoms with Gasteiger partial charge in [0.1, 0.15) is 12.6 Å². The lowest BCUT2D eigenvalue weighted by molar-refractivity contribution is -0.140. The molecule has 2 rings (SSSR count). The van der Waals surface area contributed by atoms with Crippen molar-refractivity contribution in [3.8, 4) is 0 Å². The number of alkyl halides is 2. The van der Waals surface area contributed by atoms with Crippen LogP contribution in [0.15, 0.2) is 30.3 Å². The first-order chi connectivity index (χ1) is 14.0. The second kappa shape index (κ2) is 12.9. The molecule has 1 aromatic rings. The molecule has 1 aliphatic carbocycles. The van der Waals surface area contributed by atoms with Gasteiger partial charge in [0.25, 0.3) is 0 Å². The number of hydrogen-bond donors (Lipinski definition) is 2. The van der Waals surface area contributed by atoms with Gasteiger partial charge in [-0.3, -0.25) is 4.90 Å². The molecule has 1 fully saturated rings. The van der Waals surface area contributed by atoms with Crippen molar-refractivity contribution in [2.24, 2.45) is 5.92 Å². The molecule has 8 heteroatoms. The Kier molecular flexibility index (Phi) is 10.6. The number of ether oxygens (including phenoxy) is 1. The van der Waals surface area contributed by atoms with Crippen LogP contribution in [-0.2, 0) is 16.1 Å². The molecule has 3 atom stereocenters. The number of nitrogens with one attached hydrogen (secondary N) is 1. The zero-order valence-electron chi connectivity index (χ0n) is 16.6. The standard InChI is InChI=1S/C21H30Cl2N2O4/c22-9-11-25(12-10-23)18-8-4-7-17(13-18)14-19(20(26)27)24-21(28)29-15-16-5-2-1-3-6-16/h1-3,5-6,17-19H,4,7-15H2,(H,24,28)(H,26,27). The molecule has 1 saturated carbocycles. The van der Waals surface area contributed by atoms with Crippen molar-refractivity contribution in [1.82, 2.24) is 10.2 Å². The number of amides is 1. The minimum Gasteiger partial charge on any atom is -0.480 e. The second-order valence-electron chi connectivity index (χ2n) is 7.43. The van der Waals surface area contributed by atoms with Crippen molar-refractivity contribution in [3.05, 3.63) is 35.9 Å². The highest BCUT2D eigenvalue weighted by Crippen LogP contribution is 2.31. The lowest BCUT2D eigenvalue weighted by Gasteiger charge is -2.37. The maximum Gasteiger partial charge on any atom is 0.408 e. The van der Waals surface area contributed by atoms with Crippen LogP contribution in [0.2, 0.25) is 0 Å². The molecule has 6 nitrogen and oxygen atoms in total. The van der Waals surface area contributed by atoms with E-state index in [2.05, 4.69) is 10.2 Å². The number of halogens is 2. The smallest absolute Gasteiger partial charge is 0.408 e. The van der Waals surface area contributed by atoms with Crippen LogP contribution in [0.4, 0.5) is 4.79 Å². The lowest BCUT2D eigenvalue weighted by atomic mass is 9.81. The molecule has 1 amide bonds. The zero-order valence-corrected chi connectivity index (χ0v) is 18.1. The molecule has 29 heavy (non-hydrogen) atoms. The first-order valence-corrected chi connectivity index (χ1v) is 11.2. The number of nitrogens with zero attached hydrogens (tertiary/aromatic N) is 1. The van der Waals surface area contributed by atoms with Crippen molar-refractivity contribution in [1.29, 1.82) is 0 Å². The number of hydrogen-bond acceptors (Lipinski definition) is 4. The Labute approximate surface area is 182 Å². The van der Waals surface area contributed by atoms with Crippen molar-refractivity contribution in [2.45, 2.75) is 50.8 Å². The predicted octanol–water partition coefficient (Wildman–Crippen LogP) is 4.09. The van der Waals surface area contributed by atoms with E-state index < -0.39 is 18.1 Å². The SMILES string of the molecule is O=C(NC(CC1CCCC(N(CCCl)CCCl)C1)C(=O)O)OCc1ccccc1. The van der Waals surface area contributed by atoms with E-state index in [1.165, 1.54) is 0 Å². The number of carboxylic acid groups (broad SMARTS) is 1. The molecule has 0 spiro atoms. The highest BCUT2D eigenvalue weighted by molar-refractivity contribution is 6.18. The summed E-state index contributed by atoms with van der Waals surface area (Å²) < 4.78 is 5.17. The van der Waals surface area contributed by atoms with Crippen LogP contribution < -0.4 is 5.32 Å². The highest BCUT2D eigenvalue weighted by Gasteiger charge is 2.31. The second-order valence-corrected chi connectivity index (χ2v) is 8.19. The average Bonchev–Trinajstić information content (AvgIpc) is 2.72. The Balaban J connectivity index is 1.86. The van der Waals surface area contributed by atoms with Crippen LogP contribution in [0, 0.1) is 5.92 Å². The summed E-state index contributed by atoms with van der Waals surface area (Å²) in [7, 11) is 0. The van der Waals surface area contributed by atoms with Gasteiger partial charge in [-0.1, -0.05) is 43.2 Å². The highest BCUT2D eigenvalue weighted by atomic mass is 35.5. The molecule has 1 aliphatic rings. The van der Waals surface area contributed by atoms with Crippen LogP contribution in [-0.4, -0.2) is 59.0 Å². The zero-order chi connectivity index (χ0) is 21.1. The number of carbonyl (C=O) groups excluding carboxylic acids is 1. The van der Waals surface area contributed by atoms with Crippen molar-refractivity contribution in [2.75, 3.05) is 24.8 Å². The van der Waals surface area contributed by atoms with Gasteiger partial charge in [0, 0.05) is 30.9 Å². The van der Waals surface area contributed by atoms with Crippen molar-refractivity contribution in [3.63, 3.8) is 0 Å². The lowest BCUT2D eigenvalue weighted by Crippen LogP contribution is -2.45. The third-order valence-corrected chi connectivity index (χ3v) is 5.73. The quantitative estimate of drug-likeness (QED) is 0.502. The van der Waals surface area contributed by atoms with Gasteiger partial charge in [-0.2, -0.15) is 0 Å². The summed E-state index contributed by atoms with van der Waals surface area (Å²) in [6.45, 7) is 1.66. The molecule has 0 saturated heterocycles. The van der Waals surface area contributed by atoms with Gasteiger partial charge in [-0.05, 0) is 30.7 Å². The Morgan fingerprint density at radius 3 is 2.48 bits per heavy atom. The monoisotopic (exact) mass is 444 g/mol. The van der Waals surface area contributed by atoms with E-state index in [1.807, 2.05) is 30.3 Å². The Morgan fingerprint density at radius 1 is 1.17 bits per heavy atom. The van der Waals surface area contributed by atoms with Gasteiger partial charge in [0.2, 0.25) is 0 Å². The van der Waals surface area contributed by atoms with Gasteiger partial charge < -0.3 is 15.2 Å². The number of aliphatic carboxylic acids is 1. The van der Waals surface area contributed by atoms with Crippen LogP contribution >= 0.6 is 23.2 Å². The molecule has 162 valence electrons. The minimum absolute atomic E-state index is 0.107. The number of carboxylic acids is 1. The molecule has 0 bridgehead atoms. The third-order valence-electron chi connectivity index (χ3n) is 5.39. The molecule has 3 unspecified atom stereocenters. The van der Waals surface area contributed by atoms with Crippen LogP contribution in [0.1, 0.15) is 37.7 Å². The summed E-state index contributed by atoms with van der Waals surface area (Å²) in [5.41, 5.74) is 0.850. The molecule has 2 N–H and O–H groups in total. The molecular weight excluding hydrogens is 415 g/mol. The largest absolute Gasteiger partial charge is 0.480 e. The minimum atomic E-state index is -1.04. The van der Waals surface area contributed by atoms with E-state index >= 15 is 0 Å². The predicted molar refractivity (Wildman–Crippen MR) is 115 cm³/mol. The molecular formula is C21H30Cl2N2O4. The molecule has 0 aromatic heterocycles. The van der Waals surface area contributed by atoms with E-state index in [9.17, 15) is 14.7 Å². The van der Waals surface area contributed by atoms with Crippen LogP contribution in [0.25, 0.3) is 0 Å². The van der Waals surface area contributed by atoms with Gasteiger partial charge in [0.15, 0.2) is 0 Å². The normalized spacial score (nSPS) is 20.2. The molecule has 0 heterocycles. The number of rotatable bonds is 11. The summed E-state index contributed by atoms with van der Waals surface area (Å²) >= 11 is 11.8. The first kappa shape index (κ1) is 23.8. The topological polar surface area (TPSA) is 78.9 Å². The molecule has 1 aromatic carbocycles. The third kappa shape index (κ3) is 8.41. The van der Waals surface area contributed by atoms with Gasteiger partial charge >= 0.3 is 12.1 Å². The van der Waals surface area contributed by atoms with E-state index in [0.29, 0.717) is 24.2 Å². The fourth-order valence-corrected chi connectivity index (χ4v) is 4.40. The van der Waals surface area contributed by atoms with Gasteiger partial charge in [-0.25, -0.2) is 9.59 Å². The first-order valence-electron chi connectivity index (χ1n) is 10.1. The van der Waals surface area contributed by atoms with Crippen LogP contribution in [0.3, 0.4) is 0 Å². The summed E-state index contributed by atoms with van der Waals surface area (Å²) in [5, 5.41) is 12.1. The Morgan fingerprint density at radius 2 is 1.86 bits per heavy atom. The maximum absolute atomic E-state index is 12.1. The Bertz CT molecular complexity index is 626. The Hall–Kier alpha value is -1.50. The van der Waals surface area contributed by atoms with E-state index in [4.69, 9.17) is 27.9 Å². The van der Waals surface area contributed by atoms with Gasteiger partial charge in [0.05, 0.1) is 0 Å². The number of carbonyl (C=O) groups is 2. The molecule has 0 aliphatic heterocycles. The summed E-state index contributed by atoms with van der Waals surface area (Å²) in [4.78, 5) is 26.1. The van der Waals surface area contributed by atoms with Crippen LogP contribution in [0.5, 0.6) is 0 Å². The maximum atomic E-state index is 12.1. The van der Waals surface area contributed by atoms with E-state index in [0.717, 1.165) is 44.3 Å². The summed E-state index contributed by atoms with van der Waals surface area (Å²) in [6, 6.07) is 8.67. The fourth-order valence-electron chi connectivity index (χ4n) is 3.96. The summed E-state index contributed by atoms with van der Waals surface area (Å²) in [6.07, 6.45) is 3.62. The van der Waals surface area contributed by atoms with Crippen molar-refractivity contribution >= 4 is 35.3 Å². The van der Waals surface area contributed by atoms with Crippen molar-refractivity contribution < 1.29 is 19.4 Å². The number of benzene rings is 1.